The molecule has 0 aliphatic carbocycles. The van der Waals surface area contributed by atoms with Crippen LogP contribution in [0.25, 0.3) is 6.08 Å². The largest absolute Gasteiger partial charge is 0.478 e. The quantitative estimate of drug-likeness (QED) is 0.835. The average molecular weight is 212 g/mol. The highest BCUT2D eigenvalue weighted by Crippen LogP contribution is 2.16. The van der Waals surface area contributed by atoms with Gasteiger partial charge in [-0.1, -0.05) is 19.1 Å². The summed E-state index contributed by atoms with van der Waals surface area (Å²) in [6.45, 7) is 1.86. The minimum absolute atomic E-state index is 0.170. The molecule has 80 valence electrons. The molecule has 0 aliphatic heterocycles. The van der Waals surface area contributed by atoms with Crippen LogP contribution in [0.4, 0.5) is 8.78 Å². The number of halogens is 2. The van der Waals surface area contributed by atoms with Crippen LogP contribution >= 0.6 is 0 Å². The molecule has 0 aliphatic rings. The summed E-state index contributed by atoms with van der Waals surface area (Å²) >= 11 is 0. The standard InChI is InChI=1S/C11H10F2O2/c1-2-3-4-7-5-9(12)10(13)6-8(7)11(14)15/h3-6H,2H2,1H3,(H,14,15)/b4-3-. The highest BCUT2D eigenvalue weighted by molar-refractivity contribution is 5.92. The SMILES string of the molecule is CC/C=C\c1cc(F)c(F)cc1C(=O)O. The molecule has 0 saturated heterocycles. The fraction of sp³-hybridized carbons (Fsp3) is 0.182. The Morgan fingerprint density at radius 3 is 2.53 bits per heavy atom. The lowest BCUT2D eigenvalue weighted by atomic mass is 10.1. The van der Waals surface area contributed by atoms with Crippen molar-refractivity contribution in [1.82, 2.24) is 0 Å². The van der Waals surface area contributed by atoms with E-state index in [1.165, 1.54) is 6.08 Å². The molecule has 2 nitrogen and oxygen atoms in total. The lowest BCUT2D eigenvalue weighted by Gasteiger charge is -2.02. The van der Waals surface area contributed by atoms with E-state index in [0.29, 0.717) is 12.5 Å². The molecule has 1 aromatic carbocycles. The van der Waals surface area contributed by atoms with Crippen molar-refractivity contribution >= 4 is 12.0 Å². The van der Waals surface area contributed by atoms with Crippen molar-refractivity contribution in [2.45, 2.75) is 13.3 Å². The Kier molecular flexibility index (Phi) is 3.55. The highest BCUT2D eigenvalue weighted by atomic mass is 19.2. The van der Waals surface area contributed by atoms with E-state index in [0.717, 1.165) is 6.07 Å². The molecule has 1 aromatic rings. The number of hydrogen-bond donors (Lipinski definition) is 1. The van der Waals surface area contributed by atoms with Crippen LogP contribution in [0.5, 0.6) is 0 Å². The molecule has 4 heteroatoms. The van der Waals surface area contributed by atoms with Crippen LogP contribution in [0, 0.1) is 11.6 Å². The fourth-order valence-corrected chi connectivity index (χ4v) is 1.13. The van der Waals surface area contributed by atoms with Gasteiger partial charge in [0, 0.05) is 0 Å². The van der Waals surface area contributed by atoms with Crippen LogP contribution < -0.4 is 0 Å². The van der Waals surface area contributed by atoms with Crippen LogP contribution in [0.15, 0.2) is 18.2 Å². The van der Waals surface area contributed by atoms with Crippen LogP contribution in [0.3, 0.4) is 0 Å². The van der Waals surface area contributed by atoms with Crippen molar-refractivity contribution < 1.29 is 18.7 Å². The molecule has 0 saturated carbocycles. The van der Waals surface area contributed by atoms with Crippen molar-refractivity contribution in [1.29, 1.82) is 0 Å². The molecule has 0 unspecified atom stereocenters. The monoisotopic (exact) mass is 212 g/mol. The minimum Gasteiger partial charge on any atom is -0.478 e. The van der Waals surface area contributed by atoms with Gasteiger partial charge in [0.25, 0.3) is 0 Å². The number of benzene rings is 1. The van der Waals surface area contributed by atoms with Crippen LogP contribution in [0.2, 0.25) is 0 Å². The summed E-state index contributed by atoms with van der Waals surface area (Å²) < 4.78 is 25.6. The van der Waals surface area contributed by atoms with E-state index in [1.54, 1.807) is 6.08 Å². The van der Waals surface area contributed by atoms with Gasteiger partial charge in [-0.2, -0.15) is 0 Å². The summed E-state index contributed by atoms with van der Waals surface area (Å²) in [7, 11) is 0. The molecule has 1 rings (SSSR count). The third kappa shape index (κ3) is 2.62. The smallest absolute Gasteiger partial charge is 0.336 e. The minimum atomic E-state index is -1.27. The molecule has 0 bridgehead atoms. The van der Waals surface area contributed by atoms with Gasteiger partial charge in [-0.05, 0) is 24.1 Å². The first-order valence-electron chi connectivity index (χ1n) is 4.45. The van der Waals surface area contributed by atoms with E-state index in [1.807, 2.05) is 6.92 Å². The number of rotatable bonds is 3. The zero-order chi connectivity index (χ0) is 11.4. The van der Waals surface area contributed by atoms with E-state index in [-0.39, 0.29) is 11.1 Å². The predicted octanol–water partition coefficient (Wildman–Crippen LogP) is 3.09. The Bertz CT molecular complexity index is 411. The van der Waals surface area contributed by atoms with Crippen molar-refractivity contribution in [3.63, 3.8) is 0 Å². The van der Waals surface area contributed by atoms with Gasteiger partial charge in [-0.3, -0.25) is 0 Å². The van der Waals surface area contributed by atoms with Crippen LogP contribution in [-0.2, 0) is 0 Å². The van der Waals surface area contributed by atoms with Gasteiger partial charge < -0.3 is 5.11 Å². The Hall–Kier alpha value is -1.71. The number of allylic oxidation sites excluding steroid dienone is 1. The van der Waals surface area contributed by atoms with Crippen molar-refractivity contribution in [3.8, 4) is 0 Å². The van der Waals surface area contributed by atoms with Gasteiger partial charge in [0.15, 0.2) is 11.6 Å². The lowest BCUT2D eigenvalue weighted by Crippen LogP contribution is -2.02. The maximum atomic E-state index is 12.8. The van der Waals surface area contributed by atoms with E-state index in [9.17, 15) is 13.6 Å². The molecule has 0 heterocycles. The Balaban J connectivity index is 3.28. The first-order chi connectivity index (χ1) is 7.06. The summed E-state index contributed by atoms with van der Waals surface area (Å²) in [5.74, 6) is -3.47. The molecular formula is C11H10F2O2. The summed E-state index contributed by atoms with van der Waals surface area (Å²) in [6, 6.07) is 1.57. The molecule has 0 aromatic heterocycles. The first-order valence-corrected chi connectivity index (χ1v) is 4.45. The molecule has 0 spiro atoms. The van der Waals surface area contributed by atoms with Gasteiger partial charge >= 0.3 is 5.97 Å². The number of carbonyl (C=O) groups is 1. The van der Waals surface area contributed by atoms with Gasteiger partial charge in [0.2, 0.25) is 0 Å². The van der Waals surface area contributed by atoms with Crippen molar-refractivity contribution in [2.75, 3.05) is 0 Å². The summed E-state index contributed by atoms with van der Waals surface area (Å²) in [5.41, 5.74) is -0.0677. The molecule has 0 atom stereocenters. The molecule has 0 radical (unpaired) electrons. The maximum Gasteiger partial charge on any atom is 0.336 e. The molecule has 0 amide bonds. The van der Waals surface area contributed by atoms with E-state index < -0.39 is 17.6 Å². The zero-order valence-corrected chi connectivity index (χ0v) is 8.13. The Labute approximate surface area is 85.9 Å². The normalized spacial score (nSPS) is 10.9. The van der Waals surface area contributed by atoms with Crippen LogP contribution in [0.1, 0.15) is 29.3 Å². The molecular weight excluding hydrogens is 202 g/mol. The third-order valence-electron chi connectivity index (χ3n) is 1.86. The second kappa shape index (κ2) is 4.68. The Morgan fingerprint density at radius 1 is 1.40 bits per heavy atom. The van der Waals surface area contributed by atoms with Crippen molar-refractivity contribution in [3.05, 3.63) is 41.0 Å². The predicted molar refractivity (Wildman–Crippen MR) is 52.6 cm³/mol. The maximum absolute atomic E-state index is 12.8. The number of carboxylic acid groups (broad SMARTS) is 1. The average Bonchev–Trinajstić information content (AvgIpc) is 2.19. The zero-order valence-electron chi connectivity index (χ0n) is 8.13. The summed E-state index contributed by atoms with van der Waals surface area (Å²) in [4.78, 5) is 10.7. The second-order valence-corrected chi connectivity index (χ2v) is 2.97. The number of aromatic carboxylic acids is 1. The third-order valence-corrected chi connectivity index (χ3v) is 1.86. The second-order valence-electron chi connectivity index (χ2n) is 2.97. The van der Waals surface area contributed by atoms with E-state index >= 15 is 0 Å². The molecule has 15 heavy (non-hydrogen) atoms. The van der Waals surface area contributed by atoms with Crippen molar-refractivity contribution in [2.24, 2.45) is 0 Å². The number of hydrogen-bond acceptors (Lipinski definition) is 1. The van der Waals surface area contributed by atoms with Gasteiger partial charge in [-0.15, -0.1) is 0 Å². The van der Waals surface area contributed by atoms with Gasteiger partial charge in [0.05, 0.1) is 5.56 Å². The van der Waals surface area contributed by atoms with Gasteiger partial charge in [0.1, 0.15) is 0 Å². The summed E-state index contributed by atoms with van der Waals surface area (Å²) in [5, 5.41) is 8.76. The van der Waals surface area contributed by atoms with Gasteiger partial charge in [-0.25, -0.2) is 13.6 Å². The van der Waals surface area contributed by atoms with E-state index in [4.69, 9.17) is 5.11 Å². The fourth-order valence-electron chi connectivity index (χ4n) is 1.13. The lowest BCUT2D eigenvalue weighted by molar-refractivity contribution is 0.0696. The first kappa shape index (κ1) is 11.4. The van der Waals surface area contributed by atoms with Crippen LogP contribution in [-0.4, -0.2) is 11.1 Å². The Morgan fingerprint density at radius 2 is 2.00 bits per heavy atom. The topological polar surface area (TPSA) is 37.3 Å². The summed E-state index contributed by atoms with van der Waals surface area (Å²) in [6.07, 6.45) is 3.84. The molecule has 0 fully saturated rings. The van der Waals surface area contributed by atoms with E-state index in [2.05, 4.69) is 0 Å². The number of carboxylic acids is 1. The molecule has 1 N–H and O–H groups in total. The highest BCUT2D eigenvalue weighted by Gasteiger charge is 2.13.